The minimum Gasteiger partial charge on any atom is -0.376 e. The Morgan fingerprint density at radius 3 is 2.83 bits per heavy atom. The molecule has 2 N–H and O–H groups in total. The van der Waals surface area contributed by atoms with Crippen LogP contribution in [-0.2, 0) is 7.05 Å². The standard InChI is InChI=1S/C20H18F2N6O/c1-4-11(21)6-5-10(2)17-16(19-23-9-24-28(19)3)18-15-13(20(29)27-26-18)7-12(22)8-14(15)25-17/h4-9,16-17,25H,2H2,1,3H3,(H,27,29)/b6-5-,11-4+/t16-,17-/m1/s1. The molecule has 0 radical (unpaired) electrons. The van der Waals surface area contributed by atoms with E-state index in [-0.39, 0.29) is 5.39 Å². The molecule has 2 atom stereocenters. The highest BCUT2D eigenvalue weighted by molar-refractivity contribution is 5.97. The average molecular weight is 396 g/mol. The van der Waals surface area contributed by atoms with Crippen molar-refractivity contribution in [2.24, 2.45) is 7.05 Å². The van der Waals surface area contributed by atoms with Crippen molar-refractivity contribution in [2.45, 2.75) is 18.9 Å². The summed E-state index contributed by atoms with van der Waals surface area (Å²) in [5, 5.41) is 14.7. The molecule has 0 saturated heterocycles. The zero-order valence-electron chi connectivity index (χ0n) is 15.8. The van der Waals surface area contributed by atoms with Crippen molar-refractivity contribution in [3.63, 3.8) is 0 Å². The van der Waals surface area contributed by atoms with Gasteiger partial charge in [-0.2, -0.15) is 10.2 Å². The van der Waals surface area contributed by atoms with Gasteiger partial charge < -0.3 is 5.32 Å². The van der Waals surface area contributed by atoms with Crippen LogP contribution in [0.5, 0.6) is 0 Å². The van der Waals surface area contributed by atoms with Crippen LogP contribution in [-0.4, -0.2) is 31.0 Å². The van der Waals surface area contributed by atoms with E-state index < -0.39 is 29.2 Å². The molecular formula is C20H18F2N6O. The van der Waals surface area contributed by atoms with Gasteiger partial charge in [0, 0.05) is 18.1 Å². The van der Waals surface area contributed by atoms with Crippen LogP contribution in [0.3, 0.4) is 0 Å². The van der Waals surface area contributed by atoms with E-state index in [4.69, 9.17) is 0 Å². The Morgan fingerprint density at radius 1 is 1.34 bits per heavy atom. The summed E-state index contributed by atoms with van der Waals surface area (Å²) in [4.78, 5) is 16.6. The molecule has 0 amide bonds. The first-order chi connectivity index (χ1) is 13.9. The minimum absolute atomic E-state index is 0.184. The second-order valence-electron chi connectivity index (χ2n) is 6.74. The van der Waals surface area contributed by atoms with E-state index in [0.29, 0.717) is 28.2 Å². The molecule has 0 unspecified atom stereocenters. The molecular weight excluding hydrogens is 378 g/mol. The second kappa shape index (κ2) is 7.08. The Hall–Kier alpha value is -3.62. The number of hydrogen-bond acceptors (Lipinski definition) is 5. The highest BCUT2D eigenvalue weighted by atomic mass is 19.1. The number of rotatable bonds is 4. The molecule has 148 valence electrons. The molecule has 29 heavy (non-hydrogen) atoms. The molecule has 0 saturated carbocycles. The molecule has 9 heteroatoms. The molecule has 7 nitrogen and oxygen atoms in total. The first-order valence-electron chi connectivity index (χ1n) is 8.91. The third-order valence-corrected chi connectivity index (χ3v) is 4.98. The van der Waals surface area contributed by atoms with Gasteiger partial charge in [0.15, 0.2) is 0 Å². The first-order valence-corrected chi connectivity index (χ1v) is 8.91. The van der Waals surface area contributed by atoms with Crippen molar-refractivity contribution in [3.05, 3.63) is 82.4 Å². The maximum absolute atomic E-state index is 14.1. The molecule has 4 rings (SSSR count). The summed E-state index contributed by atoms with van der Waals surface area (Å²) < 4.78 is 29.3. The number of benzene rings is 1. The molecule has 1 aromatic carbocycles. The fraction of sp³-hybridized carbons (Fsp3) is 0.200. The van der Waals surface area contributed by atoms with Crippen molar-refractivity contribution in [2.75, 3.05) is 5.32 Å². The zero-order valence-corrected chi connectivity index (χ0v) is 15.8. The van der Waals surface area contributed by atoms with Crippen LogP contribution in [0.15, 0.2) is 59.5 Å². The van der Waals surface area contributed by atoms with Gasteiger partial charge in [0.25, 0.3) is 5.56 Å². The van der Waals surface area contributed by atoms with Gasteiger partial charge in [0.05, 0.1) is 23.0 Å². The van der Waals surface area contributed by atoms with Crippen LogP contribution in [0.2, 0.25) is 0 Å². The van der Waals surface area contributed by atoms with E-state index in [1.54, 1.807) is 24.7 Å². The monoisotopic (exact) mass is 396 g/mol. The maximum Gasteiger partial charge on any atom is 0.272 e. The van der Waals surface area contributed by atoms with Gasteiger partial charge in [0.1, 0.15) is 23.8 Å². The number of halogens is 2. The molecule has 3 heterocycles. The lowest BCUT2D eigenvalue weighted by molar-refractivity contribution is 0.589. The Labute approximate surface area is 164 Å². The Morgan fingerprint density at radius 2 is 2.14 bits per heavy atom. The number of anilines is 1. The van der Waals surface area contributed by atoms with E-state index in [2.05, 4.69) is 32.2 Å². The number of aromatic amines is 1. The number of allylic oxidation sites excluding steroid dienone is 3. The maximum atomic E-state index is 14.1. The largest absolute Gasteiger partial charge is 0.376 e. The summed E-state index contributed by atoms with van der Waals surface area (Å²) in [6, 6.07) is 1.96. The Balaban J connectivity index is 1.95. The zero-order chi connectivity index (χ0) is 20.7. The molecule has 2 aromatic heterocycles. The Bertz CT molecular complexity index is 1240. The van der Waals surface area contributed by atoms with Crippen LogP contribution in [0, 0.1) is 5.82 Å². The van der Waals surface area contributed by atoms with Crippen LogP contribution in [0.1, 0.15) is 24.4 Å². The van der Waals surface area contributed by atoms with Crippen molar-refractivity contribution in [1.82, 2.24) is 25.0 Å². The summed E-state index contributed by atoms with van der Waals surface area (Å²) in [6.45, 7) is 5.64. The van der Waals surface area contributed by atoms with E-state index in [1.807, 2.05) is 0 Å². The highest BCUT2D eigenvalue weighted by Crippen LogP contribution is 2.41. The molecule has 1 aliphatic rings. The number of aromatic nitrogens is 5. The van der Waals surface area contributed by atoms with E-state index in [9.17, 15) is 13.6 Å². The van der Waals surface area contributed by atoms with Crippen molar-refractivity contribution >= 4 is 16.5 Å². The van der Waals surface area contributed by atoms with Gasteiger partial charge in [0.2, 0.25) is 0 Å². The normalized spacial score (nSPS) is 19.0. The molecule has 0 bridgehead atoms. The van der Waals surface area contributed by atoms with Gasteiger partial charge in [-0.15, -0.1) is 0 Å². The van der Waals surface area contributed by atoms with Crippen molar-refractivity contribution in [1.29, 1.82) is 0 Å². The predicted molar refractivity (Wildman–Crippen MR) is 106 cm³/mol. The summed E-state index contributed by atoms with van der Waals surface area (Å²) in [5.74, 6) is -0.891. The number of H-pyrrole nitrogens is 1. The lowest BCUT2D eigenvalue weighted by Gasteiger charge is -2.33. The fourth-order valence-electron chi connectivity index (χ4n) is 3.59. The molecule has 0 fully saturated rings. The summed E-state index contributed by atoms with van der Waals surface area (Å²) in [6.07, 6.45) is 5.59. The SMILES string of the molecule is C=C(/C=C\C(F)=C/C)[C@H]1Nc2cc(F)cc3c(=O)[nH]nc(c23)[C@@H]1c1ncnn1C. The molecule has 0 spiro atoms. The number of nitrogens with zero attached hydrogens (tertiary/aromatic N) is 4. The molecule has 0 aliphatic carbocycles. The van der Waals surface area contributed by atoms with E-state index >= 15 is 0 Å². The third-order valence-electron chi connectivity index (χ3n) is 4.98. The first kappa shape index (κ1) is 18.7. The molecule has 1 aliphatic heterocycles. The fourth-order valence-corrected chi connectivity index (χ4v) is 3.59. The third kappa shape index (κ3) is 3.14. The number of hydrogen-bond donors (Lipinski definition) is 2. The smallest absolute Gasteiger partial charge is 0.272 e. The van der Waals surface area contributed by atoms with Gasteiger partial charge in [-0.25, -0.2) is 18.9 Å². The summed E-state index contributed by atoms with van der Waals surface area (Å²) >= 11 is 0. The van der Waals surface area contributed by atoms with Gasteiger partial charge >= 0.3 is 0 Å². The summed E-state index contributed by atoms with van der Waals surface area (Å²) in [5.41, 5.74) is 0.968. The average Bonchev–Trinajstić information content (AvgIpc) is 3.13. The van der Waals surface area contributed by atoms with Gasteiger partial charge in [-0.05, 0) is 30.7 Å². The predicted octanol–water partition coefficient (Wildman–Crippen LogP) is 3.10. The van der Waals surface area contributed by atoms with E-state index in [1.165, 1.54) is 30.6 Å². The van der Waals surface area contributed by atoms with Gasteiger partial charge in [-0.3, -0.25) is 9.48 Å². The lowest BCUT2D eigenvalue weighted by atomic mass is 9.83. The quantitative estimate of drug-likeness (QED) is 0.662. The van der Waals surface area contributed by atoms with Crippen LogP contribution >= 0.6 is 0 Å². The van der Waals surface area contributed by atoms with E-state index in [0.717, 1.165) is 0 Å². The highest BCUT2D eigenvalue weighted by Gasteiger charge is 2.37. The lowest BCUT2D eigenvalue weighted by Crippen LogP contribution is -2.36. The topological polar surface area (TPSA) is 88.5 Å². The van der Waals surface area contributed by atoms with Crippen LogP contribution in [0.4, 0.5) is 14.5 Å². The summed E-state index contributed by atoms with van der Waals surface area (Å²) in [7, 11) is 1.74. The number of aryl methyl sites for hydroxylation is 1. The van der Waals surface area contributed by atoms with Crippen molar-refractivity contribution < 1.29 is 8.78 Å². The molecule has 3 aromatic rings. The van der Waals surface area contributed by atoms with Gasteiger partial charge in [-0.1, -0.05) is 18.7 Å². The van der Waals surface area contributed by atoms with Crippen LogP contribution in [0.25, 0.3) is 10.8 Å². The minimum atomic E-state index is -0.556. The van der Waals surface area contributed by atoms with Crippen LogP contribution < -0.4 is 10.9 Å². The number of nitrogens with one attached hydrogen (secondary N) is 2. The van der Waals surface area contributed by atoms with Crippen molar-refractivity contribution in [3.8, 4) is 0 Å². The Kier molecular flexibility index (Phi) is 4.57. The second-order valence-corrected chi connectivity index (χ2v) is 6.74.